The van der Waals surface area contributed by atoms with E-state index in [9.17, 15) is 0 Å². The molecule has 0 fully saturated rings. The minimum absolute atomic E-state index is 0.0849. The van der Waals surface area contributed by atoms with E-state index < -0.39 is 0 Å². The number of aromatic nitrogens is 3. The fourth-order valence-corrected chi connectivity index (χ4v) is 1.97. The number of hydrogen-bond acceptors (Lipinski definition) is 4. The fourth-order valence-electron chi connectivity index (χ4n) is 1.87. The maximum absolute atomic E-state index is 6.13. The lowest BCUT2D eigenvalue weighted by molar-refractivity contribution is 0.261. The molecule has 1 atom stereocenters. The number of rotatable bonds is 8. The summed E-state index contributed by atoms with van der Waals surface area (Å²) >= 11 is 6.13. The molecule has 2 rings (SSSR count). The van der Waals surface area contributed by atoms with Gasteiger partial charge in [-0.1, -0.05) is 24.3 Å². The molecule has 0 amide bonds. The topological polar surface area (TPSA) is 49.2 Å². The van der Waals surface area contributed by atoms with Crippen LogP contribution in [0.15, 0.2) is 30.5 Å². The van der Waals surface area contributed by atoms with E-state index >= 15 is 0 Å². The molecule has 1 heterocycles. The van der Waals surface area contributed by atoms with E-state index in [0.717, 1.165) is 23.6 Å². The zero-order valence-corrected chi connectivity index (χ0v) is 13.1. The van der Waals surface area contributed by atoms with Crippen LogP contribution < -0.4 is 9.47 Å². The van der Waals surface area contributed by atoms with Gasteiger partial charge in [-0.15, -0.1) is 16.7 Å². The van der Waals surface area contributed by atoms with Gasteiger partial charge in [0.2, 0.25) is 0 Å². The molecular formula is C15H20ClN3O2. The second-order valence-corrected chi connectivity index (χ2v) is 5.04. The van der Waals surface area contributed by atoms with Crippen LogP contribution in [-0.4, -0.2) is 28.2 Å². The van der Waals surface area contributed by atoms with Crippen molar-refractivity contribution >= 4 is 11.6 Å². The van der Waals surface area contributed by atoms with Gasteiger partial charge < -0.3 is 9.47 Å². The van der Waals surface area contributed by atoms with Crippen molar-refractivity contribution in [3.8, 4) is 11.5 Å². The van der Waals surface area contributed by atoms with Gasteiger partial charge in [0.1, 0.15) is 12.3 Å². The average molecular weight is 310 g/mol. The number of ether oxygens (including phenoxy) is 2. The quantitative estimate of drug-likeness (QED) is 0.701. The van der Waals surface area contributed by atoms with Crippen LogP contribution >= 0.6 is 11.6 Å². The Labute approximate surface area is 129 Å². The molecule has 1 aromatic carbocycles. The van der Waals surface area contributed by atoms with Crippen molar-refractivity contribution in [2.24, 2.45) is 0 Å². The van der Waals surface area contributed by atoms with Gasteiger partial charge in [0.25, 0.3) is 0 Å². The van der Waals surface area contributed by atoms with Crippen LogP contribution in [0, 0.1) is 0 Å². The third-order valence-corrected chi connectivity index (χ3v) is 3.49. The Balaban J connectivity index is 1.88. The summed E-state index contributed by atoms with van der Waals surface area (Å²) < 4.78 is 13.0. The molecule has 21 heavy (non-hydrogen) atoms. The van der Waals surface area contributed by atoms with Crippen LogP contribution in [0.3, 0.4) is 0 Å². The standard InChI is InChI=1S/C15H20ClN3O2/c1-3-12(16)13-11-19(18-17-13)9-10-21-15-8-6-5-7-14(15)20-4-2/h5-8,11-12H,3-4,9-10H2,1-2H3. The summed E-state index contributed by atoms with van der Waals surface area (Å²) in [6.45, 7) is 5.68. The van der Waals surface area contributed by atoms with Crippen LogP contribution in [0.4, 0.5) is 0 Å². The molecule has 0 aliphatic heterocycles. The van der Waals surface area contributed by atoms with E-state index in [0.29, 0.717) is 19.8 Å². The molecular weight excluding hydrogens is 290 g/mol. The third-order valence-electron chi connectivity index (χ3n) is 2.96. The summed E-state index contributed by atoms with van der Waals surface area (Å²) in [6.07, 6.45) is 2.69. The summed E-state index contributed by atoms with van der Waals surface area (Å²) in [5.41, 5.74) is 0.800. The molecule has 0 spiro atoms. The van der Waals surface area contributed by atoms with Crippen molar-refractivity contribution in [1.29, 1.82) is 0 Å². The van der Waals surface area contributed by atoms with Gasteiger partial charge in [-0.05, 0) is 25.5 Å². The molecule has 0 saturated heterocycles. The molecule has 114 valence electrons. The SMILES string of the molecule is CCOc1ccccc1OCCn1cc(C(Cl)CC)nn1. The average Bonchev–Trinajstić information content (AvgIpc) is 2.97. The lowest BCUT2D eigenvalue weighted by Crippen LogP contribution is -2.09. The van der Waals surface area contributed by atoms with Crippen LogP contribution in [0.1, 0.15) is 31.3 Å². The highest BCUT2D eigenvalue weighted by Crippen LogP contribution is 2.26. The molecule has 6 heteroatoms. The van der Waals surface area contributed by atoms with Crippen LogP contribution in [0.2, 0.25) is 0 Å². The maximum Gasteiger partial charge on any atom is 0.161 e. The van der Waals surface area contributed by atoms with E-state index in [-0.39, 0.29) is 5.38 Å². The smallest absolute Gasteiger partial charge is 0.161 e. The summed E-state index contributed by atoms with van der Waals surface area (Å²) in [6, 6.07) is 7.63. The van der Waals surface area contributed by atoms with E-state index in [4.69, 9.17) is 21.1 Å². The predicted octanol–water partition coefficient (Wildman–Crippen LogP) is 3.45. The fraction of sp³-hybridized carbons (Fsp3) is 0.467. The normalized spacial score (nSPS) is 12.1. The second-order valence-electron chi connectivity index (χ2n) is 4.51. The molecule has 0 N–H and O–H groups in total. The van der Waals surface area contributed by atoms with Crippen LogP contribution in [-0.2, 0) is 6.54 Å². The lowest BCUT2D eigenvalue weighted by atomic mass is 10.3. The second kappa shape index (κ2) is 7.88. The van der Waals surface area contributed by atoms with Crippen LogP contribution in [0.25, 0.3) is 0 Å². The highest BCUT2D eigenvalue weighted by Gasteiger charge is 2.10. The highest BCUT2D eigenvalue weighted by molar-refractivity contribution is 6.20. The number of alkyl halides is 1. The number of benzene rings is 1. The maximum atomic E-state index is 6.13. The molecule has 0 radical (unpaired) electrons. The Bertz CT molecular complexity index is 559. The molecule has 0 saturated carbocycles. The Kier molecular flexibility index (Phi) is 5.87. The first-order valence-corrected chi connectivity index (χ1v) is 7.57. The minimum atomic E-state index is -0.0849. The van der Waals surface area contributed by atoms with Gasteiger partial charge in [-0.25, -0.2) is 4.68 Å². The van der Waals surface area contributed by atoms with Crippen molar-refractivity contribution in [2.45, 2.75) is 32.2 Å². The van der Waals surface area contributed by atoms with Gasteiger partial charge in [0.05, 0.1) is 24.7 Å². The lowest BCUT2D eigenvalue weighted by Gasteiger charge is -2.11. The Hall–Kier alpha value is -1.75. The predicted molar refractivity (Wildman–Crippen MR) is 82.0 cm³/mol. The molecule has 1 unspecified atom stereocenters. The Morgan fingerprint density at radius 1 is 1.19 bits per heavy atom. The van der Waals surface area contributed by atoms with Gasteiger partial charge in [0, 0.05) is 0 Å². The van der Waals surface area contributed by atoms with Crippen LogP contribution in [0.5, 0.6) is 11.5 Å². The Morgan fingerprint density at radius 3 is 2.57 bits per heavy atom. The summed E-state index contributed by atoms with van der Waals surface area (Å²) in [5.74, 6) is 1.49. The molecule has 0 aliphatic carbocycles. The first kappa shape index (κ1) is 15.6. The van der Waals surface area contributed by atoms with E-state index in [2.05, 4.69) is 10.3 Å². The van der Waals surface area contributed by atoms with E-state index in [1.165, 1.54) is 0 Å². The first-order chi connectivity index (χ1) is 10.2. The van der Waals surface area contributed by atoms with Crippen molar-refractivity contribution in [3.05, 3.63) is 36.2 Å². The number of para-hydroxylation sites is 2. The zero-order chi connectivity index (χ0) is 15.1. The molecule has 0 aliphatic rings. The number of hydrogen-bond donors (Lipinski definition) is 0. The van der Waals surface area contributed by atoms with Crippen molar-refractivity contribution in [3.63, 3.8) is 0 Å². The van der Waals surface area contributed by atoms with Gasteiger partial charge >= 0.3 is 0 Å². The molecule has 2 aromatic rings. The van der Waals surface area contributed by atoms with E-state index in [1.54, 1.807) is 4.68 Å². The van der Waals surface area contributed by atoms with Gasteiger partial charge in [0.15, 0.2) is 11.5 Å². The number of nitrogens with zero attached hydrogens (tertiary/aromatic N) is 3. The van der Waals surface area contributed by atoms with Crippen molar-refractivity contribution < 1.29 is 9.47 Å². The first-order valence-electron chi connectivity index (χ1n) is 7.13. The Morgan fingerprint density at radius 2 is 1.90 bits per heavy atom. The van der Waals surface area contributed by atoms with Crippen molar-refractivity contribution in [1.82, 2.24) is 15.0 Å². The van der Waals surface area contributed by atoms with Gasteiger partial charge in [-0.3, -0.25) is 0 Å². The van der Waals surface area contributed by atoms with E-state index in [1.807, 2.05) is 44.3 Å². The molecule has 5 nitrogen and oxygen atoms in total. The minimum Gasteiger partial charge on any atom is -0.490 e. The molecule has 0 bridgehead atoms. The summed E-state index contributed by atoms with van der Waals surface area (Å²) in [4.78, 5) is 0. The highest BCUT2D eigenvalue weighted by atomic mass is 35.5. The monoisotopic (exact) mass is 309 g/mol. The zero-order valence-electron chi connectivity index (χ0n) is 12.3. The largest absolute Gasteiger partial charge is 0.490 e. The number of halogens is 1. The van der Waals surface area contributed by atoms with Crippen molar-refractivity contribution in [2.75, 3.05) is 13.2 Å². The summed E-state index contributed by atoms with van der Waals surface area (Å²) in [5, 5.41) is 8.02. The summed E-state index contributed by atoms with van der Waals surface area (Å²) in [7, 11) is 0. The molecule has 1 aromatic heterocycles. The third kappa shape index (κ3) is 4.36. The van der Waals surface area contributed by atoms with Gasteiger partial charge in [-0.2, -0.15) is 0 Å².